The summed E-state index contributed by atoms with van der Waals surface area (Å²) in [4.78, 5) is 20.4. The number of hydrogen-bond donors (Lipinski definition) is 1. The Bertz CT molecular complexity index is 687. The number of aryl methyl sites for hydroxylation is 1. The van der Waals surface area contributed by atoms with Crippen LogP contribution >= 0.6 is 0 Å². The zero-order valence-corrected chi connectivity index (χ0v) is 13.1. The Hall–Kier alpha value is -1.92. The SMILES string of the molecule is Cc1cccc2nc(CC(=O)O)c(CN3CCN(C)CC3)n12. The van der Waals surface area contributed by atoms with Gasteiger partial charge in [-0.2, -0.15) is 0 Å². The van der Waals surface area contributed by atoms with Gasteiger partial charge in [-0.1, -0.05) is 6.07 Å². The lowest BCUT2D eigenvalue weighted by atomic mass is 10.2. The normalized spacial score (nSPS) is 17.2. The number of piperazine rings is 1. The minimum atomic E-state index is -0.833. The third-order valence-electron chi connectivity index (χ3n) is 4.31. The molecule has 2 aromatic heterocycles. The number of hydrogen-bond acceptors (Lipinski definition) is 4. The fraction of sp³-hybridized carbons (Fsp3) is 0.500. The molecule has 0 amide bonds. The molecular formula is C16H22N4O2. The Morgan fingerprint density at radius 3 is 2.68 bits per heavy atom. The van der Waals surface area contributed by atoms with Crippen molar-refractivity contribution in [1.29, 1.82) is 0 Å². The van der Waals surface area contributed by atoms with Crippen LogP contribution in [0.15, 0.2) is 18.2 Å². The second kappa shape index (κ2) is 6.06. The number of fused-ring (bicyclic) bond motifs is 1. The molecule has 0 aromatic carbocycles. The van der Waals surface area contributed by atoms with E-state index in [2.05, 4.69) is 26.2 Å². The number of rotatable bonds is 4. The number of carbonyl (C=O) groups is 1. The van der Waals surface area contributed by atoms with Gasteiger partial charge in [0.25, 0.3) is 0 Å². The maximum atomic E-state index is 11.1. The van der Waals surface area contributed by atoms with E-state index in [0.29, 0.717) is 5.69 Å². The highest BCUT2D eigenvalue weighted by Gasteiger charge is 2.20. The van der Waals surface area contributed by atoms with Crippen molar-refractivity contribution in [1.82, 2.24) is 19.2 Å². The average Bonchev–Trinajstić information content (AvgIpc) is 2.80. The summed E-state index contributed by atoms with van der Waals surface area (Å²) in [6.45, 7) is 6.88. The molecular weight excluding hydrogens is 280 g/mol. The predicted molar refractivity (Wildman–Crippen MR) is 84.0 cm³/mol. The molecule has 0 atom stereocenters. The Balaban J connectivity index is 1.96. The number of carboxylic acid groups (broad SMARTS) is 1. The van der Waals surface area contributed by atoms with Crippen molar-refractivity contribution >= 4 is 11.6 Å². The first-order valence-corrected chi connectivity index (χ1v) is 7.63. The first-order chi connectivity index (χ1) is 10.5. The summed E-state index contributed by atoms with van der Waals surface area (Å²) in [5.74, 6) is -0.833. The van der Waals surface area contributed by atoms with E-state index in [1.807, 2.05) is 25.1 Å². The van der Waals surface area contributed by atoms with Gasteiger partial charge >= 0.3 is 5.97 Å². The van der Waals surface area contributed by atoms with E-state index < -0.39 is 5.97 Å². The van der Waals surface area contributed by atoms with E-state index in [9.17, 15) is 4.79 Å². The molecule has 1 saturated heterocycles. The van der Waals surface area contributed by atoms with Crippen LogP contribution in [0, 0.1) is 6.92 Å². The minimum absolute atomic E-state index is 0.0236. The molecule has 6 heteroatoms. The Kier molecular flexibility index (Phi) is 4.13. The van der Waals surface area contributed by atoms with Gasteiger partial charge in [0.05, 0.1) is 17.8 Å². The van der Waals surface area contributed by atoms with Gasteiger partial charge in [0.2, 0.25) is 0 Å². The monoisotopic (exact) mass is 302 g/mol. The lowest BCUT2D eigenvalue weighted by molar-refractivity contribution is -0.136. The number of likely N-dealkylation sites (N-methyl/N-ethyl adjacent to an activating group) is 1. The van der Waals surface area contributed by atoms with Gasteiger partial charge in [-0.3, -0.25) is 14.1 Å². The van der Waals surface area contributed by atoms with Crippen molar-refractivity contribution in [3.63, 3.8) is 0 Å². The molecule has 1 aliphatic heterocycles. The van der Waals surface area contributed by atoms with Crippen LogP contribution in [0.2, 0.25) is 0 Å². The van der Waals surface area contributed by atoms with Crippen LogP contribution in [0.1, 0.15) is 17.1 Å². The van der Waals surface area contributed by atoms with Gasteiger partial charge in [-0.25, -0.2) is 4.98 Å². The van der Waals surface area contributed by atoms with Crippen LogP contribution in [0.25, 0.3) is 5.65 Å². The molecule has 0 saturated carbocycles. The summed E-state index contributed by atoms with van der Waals surface area (Å²) in [7, 11) is 2.13. The number of aromatic nitrogens is 2. The molecule has 0 unspecified atom stereocenters. The summed E-state index contributed by atoms with van der Waals surface area (Å²) in [5, 5.41) is 9.16. The summed E-state index contributed by atoms with van der Waals surface area (Å²) in [6, 6.07) is 5.93. The summed E-state index contributed by atoms with van der Waals surface area (Å²) in [5.41, 5.74) is 3.62. The summed E-state index contributed by atoms with van der Waals surface area (Å²) >= 11 is 0. The largest absolute Gasteiger partial charge is 0.481 e. The molecule has 1 fully saturated rings. The molecule has 2 aromatic rings. The highest BCUT2D eigenvalue weighted by Crippen LogP contribution is 2.18. The van der Waals surface area contributed by atoms with Crippen LogP contribution in [0.3, 0.4) is 0 Å². The third kappa shape index (κ3) is 2.98. The second-order valence-corrected chi connectivity index (χ2v) is 6.02. The standard InChI is InChI=1S/C16H22N4O2/c1-12-4-3-5-15-17-13(10-16(21)22)14(20(12)15)11-19-8-6-18(2)7-9-19/h3-5H,6-11H2,1-2H3,(H,21,22). The van der Waals surface area contributed by atoms with Crippen LogP contribution in [0.4, 0.5) is 0 Å². The number of nitrogens with zero attached hydrogens (tertiary/aromatic N) is 4. The zero-order valence-electron chi connectivity index (χ0n) is 13.1. The smallest absolute Gasteiger partial charge is 0.309 e. The van der Waals surface area contributed by atoms with Crippen LogP contribution in [-0.4, -0.2) is 63.5 Å². The molecule has 0 radical (unpaired) electrons. The van der Waals surface area contributed by atoms with E-state index in [1.165, 1.54) is 0 Å². The third-order valence-corrected chi connectivity index (χ3v) is 4.31. The van der Waals surface area contributed by atoms with Crippen molar-refractivity contribution in [2.24, 2.45) is 0 Å². The molecule has 118 valence electrons. The fourth-order valence-corrected chi connectivity index (χ4v) is 3.04. The fourth-order valence-electron chi connectivity index (χ4n) is 3.04. The van der Waals surface area contributed by atoms with Crippen LogP contribution in [0.5, 0.6) is 0 Å². The summed E-state index contributed by atoms with van der Waals surface area (Å²) in [6.07, 6.45) is -0.0236. The van der Waals surface area contributed by atoms with Crippen molar-refractivity contribution in [3.8, 4) is 0 Å². The topological polar surface area (TPSA) is 61.1 Å². The quantitative estimate of drug-likeness (QED) is 0.913. The first-order valence-electron chi connectivity index (χ1n) is 7.63. The van der Waals surface area contributed by atoms with E-state index in [0.717, 1.165) is 49.8 Å². The van der Waals surface area contributed by atoms with E-state index in [4.69, 9.17) is 5.11 Å². The maximum Gasteiger partial charge on any atom is 0.309 e. The Morgan fingerprint density at radius 2 is 2.00 bits per heavy atom. The number of pyridine rings is 1. The molecule has 3 rings (SSSR count). The van der Waals surface area contributed by atoms with Gasteiger partial charge in [0, 0.05) is 38.4 Å². The number of aliphatic carboxylic acids is 1. The maximum absolute atomic E-state index is 11.1. The molecule has 0 aliphatic carbocycles. The minimum Gasteiger partial charge on any atom is -0.481 e. The first kappa shape index (κ1) is 15.0. The van der Waals surface area contributed by atoms with E-state index in [-0.39, 0.29) is 6.42 Å². The predicted octanol–water partition coefficient (Wildman–Crippen LogP) is 1.02. The molecule has 0 bridgehead atoms. The van der Waals surface area contributed by atoms with Crippen LogP contribution < -0.4 is 0 Å². The number of carboxylic acids is 1. The lowest BCUT2D eigenvalue weighted by Crippen LogP contribution is -2.44. The van der Waals surface area contributed by atoms with E-state index >= 15 is 0 Å². The van der Waals surface area contributed by atoms with Crippen molar-refractivity contribution in [2.45, 2.75) is 19.9 Å². The molecule has 1 aliphatic rings. The molecule has 22 heavy (non-hydrogen) atoms. The van der Waals surface area contributed by atoms with Crippen LogP contribution in [-0.2, 0) is 17.8 Å². The van der Waals surface area contributed by atoms with Gasteiger partial charge in [-0.15, -0.1) is 0 Å². The molecule has 6 nitrogen and oxygen atoms in total. The van der Waals surface area contributed by atoms with Crippen molar-refractivity contribution in [3.05, 3.63) is 35.3 Å². The summed E-state index contributed by atoms with van der Waals surface area (Å²) < 4.78 is 2.09. The highest BCUT2D eigenvalue weighted by atomic mass is 16.4. The highest BCUT2D eigenvalue weighted by molar-refractivity contribution is 5.70. The Morgan fingerprint density at radius 1 is 1.27 bits per heavy atom. The lowest BCUT2D eigenvalue weighted by Gasteiger charge is -2.32. The van der Waals surface area contributed by atoms with Crippen molar-refractivity contribution in [2.75, 3.05) is 33.2 Å². The Labute approximate surface area is 130 Å². The van der Waals surface area contributed by atoms with Gasteiger partial charge in [0.15, 0.2) is 0 Å². The molecule has 1 N–H and O–H groups in total. The van der Waals surface area contributed by atoms with Gasteiger partial charge < -0.3 is 10.0 Å². The van der Waals surface area contributed by atoms with Crippen molar-refractivity contribution < 1.29 is 9.90 Å². The average molecular weight is 302 g/mol. The molecule has 0 spiro atoms. The van der Waals surface area contributed by atoms with Gasteiger partial charge in [-0.05, 0) is 26.1 Å². The van der Waals surface area contributed by atoms with E-state index in [1.54, 1.807) is 0 Å². The molecule has 3 heterocycles. The number of imidazole rings is 1. The van der Waals surface area contributed by atoms with Gasteiger partial charge in [0.1, 0.15) is 5.65 Å². The second-order valence-electron chi connectivity index (χ2n) is 6.02. The zero-order chi connectivity index (χ0) is 15.7.